The highest BCUT2D eigenvalue weighted by Crippen LogP contribution is 2.49. The second-order valence-electron chi connectivity index (χ2n) is 11.1. The van der Waals surface area contributed by atoms with Crippen molar-refractivity contribution in [2.45, 2.75) is 44.8 Å². The zero-order valence-corrected chi connectivity index (χ0v) is 24.6. The molecule has 2 N–H and O–H groups in total. The van der Waals surface area contributed by atoms with E-state index in [2.05, 4.69) is 16.5 Å². The summed E-state index contributed by atoms with van der Waals surface area (Å²) < 4.78 is 58.1. The molecule has 0 spiro atoms. The van der Waals surface area contributed by atoms with E-state index in [1.165, 1.54) is 17.2 Å². The van der Waals surface area contributed by atoms with E-state index in [0.29, 0.717) is 11.3 Å². The fourth-order valence-corrected chi connectivity index (χ4v) is 5.77. The number of likely N-dealkylation sites (tertiary alicyclic amines) is 1. The maximum Gasteiger partial charge on any atom is 0.417 e. The minimum atomic E-state index is -4.91. The molecule has 44 heavy (non-hydrogen) atoms. The summed E-state index contributed by atoms with van der Waals surface area (Å²) in [6.07, 6.45) is -4.30. The van der Waals surface area contributed by atoms with Crippen LogP contribution in [0.5, 0.6) is 5.75 Å². The highest BCUT2D eigenvalue weighted by Gasteiger charge is 2.51. The number of aromatic hydroxyl groups is 1. The van der Waals surface area contributed by atoms with Crippen LogP contribution in [-0.2, 0) is 15.8 Å². The van der Waals surface area contributed by atoms with Gasteiger partial charge in [0, 0.05) is 6.20 Å². The Hall–Kier alpha value is -4.23. The van der Waals surface area contributed by atoms with Gasteiger partial charge in [0.1, 0.15) is 5.75 Å². The third kappa shape index (κ3) is 5.23. The second-order valence-corrected chi connectivity index (χ2v) is 11.5. The Labute approximate surface area is 255 Å². The third-order valence-corrected chi connectivity index (χ3v) is 7.88. The maximum atomic E-state index is 15.8. The van der Waals surface area contributed by atoms with Gasteiger partial charge in [-0.3, -0.25) is 19.5 Å². The second kappa shape index (κ2) is 11.0. The Morgan fingerprint density at radius 2 is 1.95 bits per heavy atom. The molecule has 0 saturated carbocycles. The van der Waals surface area contributed by atoms with E-state index in [9.17, 15) is 33.0 Å². The number of aryl methyl sites for hydroxylation is 1. The molecule has 1 saturated heterocycles. The highest BCUT2D eigenvalue weighted by molar-refractivity contribution is 6.34. The molecule has 4 heterocycles. The van der Waals surface area contributed by atoms with Crippen LogP contribution in [-0.4, -0.2) is 68.4 Å². The van der Waals surface area contributed by atoms with Gasteiger partial charge < -0.3 is 20.0 Å². The summed E-state index contributed by atoms with van der Waals surface area (Å²) in [4.78, 5) is 38.0. The average molecular weight is 634 g/mol. The molecule has 9 nitrogen and oxygen atoms in total. The smallest absolute Gasteiger partial charge is 0.417 e. The van der Waals surface area contributed by atoms with Crippen molar-refractivity contribution in [1.82, 2.24) is 14.9 Å². The van der Waals surface area contributed by atoms with Gasteiger partial charge in [-0.1, -0.05) is 38.1 Å². The summed E-state index contributed by atoms with van der Waals surface area (Å²) in [5, 5.41) is 21.5. The Morgan fingerprint density at radius 1 is 1.27 bits per heavy atom. The lowest BCUT2D eigenvalue weighted by Crippen LogP contribution is -2.67. The molecular weight excluding hydrogens is 606 g/mol. The van der Waals surface area contributed by atoms with Crippen LogP contribution in [0, 0.1) is 6.92 Å². The van der Waals surface area contributed by atoms with E-state index in [-0.39, 0.29) is 41.2 Å². The molecule has 2 amide bonds. The largest absolute Gasteiger partial charge is 0.507 e. The van der Waals surface area contributed by atoms with Crippen molar-refractivity contribution < 1.29 is 37.4 Å². The normalized spacial score (nSPS) is 17.9. The van der Waals surface area contributed by atoms with E-state index in [1.807, 2.05) is 13.8 Å². The van der Waals surface area contributed by atoms with Crippen molar-refractivity contribution in [2.75, 3.05) is 29.4 Å². The van der Waals surface area contributed by atoms with Crippen LogP contribution in [0.3, 0.4) is 0 Å². The summed E-state index contributed by atoms with van der Waals surface area (Å²) in [6, 6.07) is 5.61. The number of pyridine rings is 2. The Morgan fingerprint density at radius 3 is 2.57 bits per heavy atom. The first-order valence-electron chi connectivity index (χ1n) is 13.5. The van der Waals surface area contributed by atoms with Crippen LogP contribution in [0.1, 0.15) is 36.6 Å². The van der Waals surface area contributed by atoms with Crippen molar-refractivity contribution in [2.24, 2.45) is 0 Å². The van der Waals surface area contributed by atoms with Crippen LogP contribution in [0.15, 0.2) is 49.2 Å². The van der Waals surface area contributed by atoms with Crippen LogP contribution in [0.4, 0.5) is 34.8 Å². The van der Waals surface area contributed by atoms with Gasteiger partial charge in [-0.05, 0) is 48.7 Å². The number of aliphatic hydroxyl groups excluding tert-OH is 1. The monoisotopic (exact) mass is 633 g/mol. The molecule has 232 valence electrons. The first-order chi connectivity index (χ1) is 20.6. The van der Waals surface area contributed by atoms with Crippen molar-refractivity contribution in [3.05, 3.63) is 71.0 Å². The molecule has 0 aliphatic carbocycles. The summed E-state index contributed by atoms with van der Waals surface area (Å²) in [5.41, 5.74) is -3.33. The number of aliphatic hydroxyl groups is 1. The van der Waals surface area contributed by atoms with Gasteiger partial charge in [0.2, 0.25) is 12.1 Å². The number of anilines is 3. The molecular formula is C30H28ClF4N5O4. The number of amides is 2. The number of hydrogen-bond donors (Lipinski definition) is 2. The van der Waals surface area contributed by atoms with Gasteiger partial charge in [-0.15, -0.1) is 0 Å². The number of alkyl halides is 4. The fourth-order valence-electron chi connectivity index (χ4n) is 5.53. The topological polar surface area (TPSA) is 110 Å². The number of phenolic OH excluding ortho intramolecular Hbond substituents is 1. The highest BCUT2D eigenvalue weighted by atomic mass is 35.5. The molecule has 3 aromatic rings. The maximum absolute atomic E-state index is 15.8. The van der Waals surface area contributed by atoms with Crippen molar-refractivity contribution in [1.29, 1.82) is 0 Å². The molecule has 2 aromatic heterocycles. The first kappa shape index (κ1) is 31.2. The molecule has 0 radical (unpaired) electrons. The number of hydrogen-bond acceptors (Lipinski definition) is 7. The van der Waals surface area contributed by atoms with Gasteiger partial charge in [-0.2, -0.15) is 13.2 Å². The number of carbonyl (C=O) groups is 2. The summed E-state index contributed by atoms with van der Waals surface area (Å²) >= 11 is 6.53. The Bertz CT molecular complexity index is 1680. The number of aromatic nitrogens is 2. The average Bonchev–Trinajstić information content (AvgIpc) is 2.94. The summed E-state index contributed by atoms with van der Waals surface area (Å²) in [7, 11) is 0. The molecule has 0 bridgehead atoms. The lowest BCUT2D eigenvalue weighted by molar-refractivity contribution is -0.140. The lowest BCUT2D eigenvalue weighted by Gasteiger charge is -2.49. The quantitative estimate of drug-likeness (QED) is 0.273. The molecule has 1 unspecified atom stereocenters. The van der Waals surface area contributed by atoms with Crippen LogP contribution in [0.25, 0.3) is 11.3 Å². The summed E-state index contributed by atoms with van der Waals surface area (Å²) in [6.45, 7) is 7.44. The number of fused-ring (bicyclic) bond motifs is 1. The number of halogens is 5. The molecule has 1 atom stereocenters. The van der Waals surface area contributed by atoms with Crippen molar-refractivity contribution in [3.8, 4) is 17.0 Å². The molecule has 2 aliphatic rings. The minimum absolute atomic E-state index is 0.0571. The SMILES string of the molecule is C=CC(=O)N1CC(F)(CN2c3cc(Cl)c(-c4c(O)cccc4C(F)(F)F)nc3N(c3c(C)ccnc3C(C)C)C(=O)C2O)C1. The number of nitrogens with zero attached hydrogens (tertiary/aromatic N) is 5. The Kier molecular flexibility index (Phi) is 7.83. The predicted octanol–water partition coefficient (Wildman–Crippen LogP) is 5.49. The molecule has 5 rings (SSSR count). The van der Waals surface area contributed by atoms with E-state index in [4.69, 9.17) is 11.6 Å². The van der Waals surface area contributed by atoms with Crippen LogP contribution < -0.4 is 9.80 Å². The lowest BCUT2D eigenvalue weighted by atomic mass is 9.94. The van der Waals surface area contributed by atoms with Crippen LogP contribution >= 0.6 is 11.6 Å². The molecule has 1 fully saturated rings. The van der Waals surface area contributed by atoms with E-state index < -0.39 is 59.0 Å². The van der Waals surface area contributed by atoms with Gasteiger partial charge in [0.05, 0.1) is 58.5 Å². The Balaban J connectivity index is 1.75. The predicted molar refractivity (Wildman–Crippen MR) is 156 cm³/mol. The first-order valence-corrected chi connectivity index (χ1v) is 13.9. The van der Waals surface area contributed by atoms with Gasteiger partial charge in [-0.25, -0.2) is 9.37 Å². The molecule has 2 aliphatic heterocycles. The van der Waals surface area contributed by atoms with Crippen molar-refractivity contribution in [3.63, 3.8) is 0 Å². The van der Waals surface area contributed by atoms with Crippen LogP contribution in [0.2, 0.25) is 5.02 Å². The summed E-state index contributed by atoms with van der Waals surface area (Å²) in [5.74, 6) is -2.71. The zero-order valence-electron chi connectivity index (χ0n) is 23.9. The van der Waals surface area contributed by atoms with Gasteiger partial charge in [0.25, 0.3) is 5.91 Å². The van der Waals surface area contributed by atoms with E-state index >= 15 is 4.39 Å². The zero-order chi connectivity index (χ0) is 32.3. The third-order valence-electron chi connectivity index (χ3n) is 7.59. The number of benzene rings is 1. The number of rotatable bonds is 6. The van der Waals surface area contributed by atoms with Crippen molar-refractivity contribution >= 4 is 40.6 Å². The molecule has 1 aromatic carbocycles. The van der Waals surface area contributed by atoms with E-state index in [1.54, 1.807) is 13.0 Å². The fraction of sp³-hybridized carbons (Fsp3) is 0.333. The number of carbonyl (C=O) groups excluding carboxylic acids is 2. The minimum Gasteiger partial charge on any atom is -0.507 e. The molecule has 14 heteroatoms. The van der Waals surface area contributed by atoms with Gasteiger partial charge >= 0.3 is 6.18 Å². The van der Waals surface area contributed by atoms with E-state index in [0.717, 1.165) is 34.1 Å². The standard InChI is InChI=1S/C30H28ClF4N5O4/c1-5-21(42)38-12-29(32,13-38)14-39-19-11-18(31)24(22-17(30(33,34)35)7-6-8-20(22)41)37-26(19)40(28(44)27(39)43)25-16(4)9-10-36-23(25)15(2)3/h5-11,15,27,41,43H,1,12-14H2,2-4H3. The van der Waals surface area contributed by atoms with Gasteiger partial charge in [0.15, 0.2) is 11.5 Å². The number of phenols is 1.